The van der Waals surface area contributed by atoms with E-state index in [1.54, 1.807) is 22.3 Å². The van der Waals surface area contributed by atoms with E-state index in [1.165, 1.54) is 51.9 Å². The predicted octanol–water partition coefficient (Wildman–Crippen LogP) is 8.33. The summed E-state index contributed by atoms with van der Waals surface area (Å²) in [6.07, 6.45) is 13.7. The molecule has 0 aromatic heterocycles. The average molecular weight is 423 g/mol. The van der Waals surface area contributed by atoms with Gasteiger partial charge in [0, 0.05) is 0 Å². The number of benzene rings is 4. The van der Waals surface area contributed by atoms with Crippen LogP contribution in [0.5, 0.6) is 0 Å². The Hall–Kier alpha value is -3.38. The van der Waals surface area contributed by atoms with E-state index in [0.29, 0.717) is 23.7 Å². The van der Waals surface area contributed by atoms with Crippen LogP contribution in [0, 0.1) is 17.8 Å². The summed E-state index contributed by atoms with van der Waals surface area (Å²) in [5, 5.41) is 5.67. The van der Waals surface area contributed by atoms with Gasteiger partial charge in [-0.1, -0.05) is 97.1 Å². The maximum Gasteiger partial charge on any atom is -0.00747 e. The summed E-state index contributed by atoms with van der Waals surface area (Å²) in [5.74, 6) is 2.41. The third kappa shape index (κ3) is 2.36. The number of rotatable bonds is 0. The number of aryl methyl sites for hydroxylation is 1. The van der Waals surface area contributed by atoms with Crippen molar-refractivity contribution >= 4 is 33.2 Å². The molecule has 33 heavy (non-hydrogen) atoms. The van der Waals surface area contributed by atoms with Crippen LogP contribution >= 0.6 is 0 Å². The Labute approximate surface area is 195 Å². The molecule has 0 amide bonds. The van der Waals surface area contributed by atoms with Crippen LogP contribution in [0.4, 0.5) is 0 Å². The van der Waals surface area contributed by atoms with E-state index in [9.17, 15) is 0 Å². The van der Waals surface area contributed by atoms with Gasteiger partial charge in [-0.3, -0.25) is 0 Å². The van der Waals surface area contributed by atoms with E-state index in [1.807, 2.05) is 0 Å². The molecule has 0 spiro atoms. The second kappa shape index (κ2) is 6.58. The lowest BCUT2D eigenvalue weighted by atomic mass is 9.71. The first-order valence-corrected chi connectivity index (χ1v) is 12.5. The van der Waals surface area contributed by atoms with E-state index in [4.69, 9.17) is 0 Å². The molecule has 4 unspecified atom stereocenters. The lowest BCUT2D eigenvalue weighted by Crippen LogP contribution is -2.21. The molecule has 4 aliphatic rings. The summed E-state index contributed by atoms with van der Waals surface area (Å²) in [5.41, 5.74) is 9.41. The number of hydrogen-bond acceptors (Lipinski definition) is 0. The van der Waals surface area contributed by atoms with Gasteiger partial charge >= 0.3 is 0 Å². The smallest absolute Gasteiger partial charge is 0.00747 e. The van der Waals surface area contributed by atoms with Gasteiger partial charge < -0.3 is 0 Å². The van der Waals surface area contributed by atoms with Crippen molar-refractivity contribution in [1.82, 2.24) is 0 Å². The zero-order valence-corrected chi connectivity index (χ0v) is 18.7. The molecule has 8 rings (SSSR count). The molecular weight excluding hydrogens is 396 g/mol. The minimum absolute atomic E-state index is 0.583. The minimum Gasteiger partial charge on any atom is -0.0799 e. The van der Waals surface area contributed by atoms with Crippen LogP contribution < -0.4 is 0 Å². The summed E-state index contributed by atoms with van der Waals surface area (Å²) in [4.78, 5) is 0. The zero-order chi connectivity index (χ0) is 21.5. The van der Waals surface area contributed by atoms with Gasteiger partial charge in [0.05, 0.1) is 0 Å². The van der Waals surface area contributed by atoms with Gasteiger partial charge in [-0.25, -0.2) is 0 Å². The van der Waals surface area contributed by atoms with Gasteiger partial charge in [0.15, 0.2) is 0 Å². The summed E-state index contributed by atoms with van der Waals surface area (Å²) in [6, 6.07) is 27.3. The fourth-order valence-electron chi connectivity index (χ4n) is 7.67. The highest BCUT2D eigenvalue weighted by Gasteiger charge is 2.47. The first kappa shape index (κ1) is 18.1. The highest BCUT2D eigenvalue weighted by atomic mass is 14.5. The Balaban J connectivity index is 1.35. The van der Waals surface area contributed by atoms with E-state index >= 15 is 0 Å². The van der Waals surface area contributed by atoms with Gasteiger partial charge in [0.2, 0.25) is 0 Å². The molecular formula is C33H26. The Kier molecular flexibility index (Phi) is 3.61. The van der Waals surface area contributed by atoms with Crippen LogP contribution in [0.3, 0.4) is 0 Å². The van der Waals surface area contributed by atoms with Crippen molar-refractivity contribution in [2.24, 2.45) is 17.8 Å². The molecule has 4 aromatic carbocycles. The molecule has 0 radical (unpaired) electrons. The molecule has 1 fully saturated rings. The van der Waals surface area contributed by atoms with Crippen LogP contribution in [0.25, 0.3) is 33.2 Å². The summed E-state index contributed by atoms with van der Waals surface area (Å²) in [7, 11) is 0. The first-order valence-electron chi connectivity index (χ1n) is 12.5. The Morgan fingerprint density at radius 2 is 1.24 bits per heavy atom. The van der Waals surface area contributed by atoms with E-state index in [0.717, 1.165) is 0 Å². The molecule has 0 bridgehead atoms. The van der Waals surface area contributed by atoms with Gasteiger partial charge in [0.25, 0.3) is 0 Å². The largest absolute Gasteiger partial charge is 0.0799 e. The normalized spacial score (nSPS) is 26.7. The number of hydrogen-bond donors (Lipinski definition) is 0. The van der Waals surface area contributed by atoms with Crippen molar-refractivity contribution in [3.63, 3.8) is 0 Å². The lowest BCUT2D eigenvalue weighted by Gasteiger charge is -2.33. The molecule has 0 heteroatoms. The standard InChI is InChI=1S/C33H26/c1-2-8-22-20(7-1)13-14-21-15-16-26-27-17-18-29-25-11-4-3-9-23(25)24-10-5-6-12-28(24)33(29)31(27)19-30(26)32(21)22/h1-12,15-18,26-27,30-31H,13-14,19H2. The summed E-state index contributed by atoms with van der Waals surface area (Å²) >= 11 is 0. The fourth-order valence-corrected chi connectivity index (χ4v) is 7.67. The number of allylic oxidation sites excluding steroid dienone is 5. The molecule has 1 saturated carbocycles. The highest BCUT2D eigenvalue weighted by molar-refractivity contribution is 6.13. The topological polar surface area (TPSA) is 0 Å². The van der Waals surface area contributed by atoms with Gasteiger partial charge in [0.1, 0.15) is 0 Å². The third-order valence-electron chi connectivity index (χ3n) is 8.96. The second-order valence-electron chi connectivity index (χ2n) is 10.3. The molecule has 0 N–H and O–H groups in total. The molecule has 0 heterocycles. The molecule has 0 aliphatic heterocycles. The highest BCUT2D eigenvalue weighted by Crippen LogP contribution is 2.60. The molecule has 4 atom stereocenters. The van der Waals surface area contributed by atoms with Crippen LogP contribution in [-0.4, -0.2) is 0 Å². The average Bonchev–Trinajstić information content (AvgIpc) is 3.27. The SMILES string of the molecule is C1=CC2C(CC3c4c(c5ccccc5c5ccccc45)C=CC32)C2=C1CCc1ccccc12. The van der Waals surface area contributed by atoms with Gasteiger partial charge in [-0.15, -0.1) is 0 Å². The maximum atomic E-state index is 2.57. The monoisotopic (exact) mass is 422 g/mol. The Morgan fingerprint density at radius 1 is 0.576 bits per heavy atom. The van der Waals surface area contributed by atoms with E-state index < -0.39 is 0 Å². The Morgan fingerprint density at radius 3 is 2.12 bits per heavy atom. The van der Waals surface area contributed by atoms with Crippen LogP contribution in [0.1, 0.15) is 41.0 Å². The van der Waals surface area contributed by atoms with Gasteiger partial charge in [-0.2, -0.15) is 0 Å². The van der Waals surface area contributed by atoms with Crippen molar-refractivity contribution in [2.75, 3.05) is 0 Å². The van der Waals surface area contributed by atoms with Crippen molar-refractivity contribution < 1.29 is 0 Å². The summed E-state index contributed by atoms with van der Waals surface area (Å²) < 4.78 is 0. The first-order chi connectivity index (χ1) is 16.4. The lowest BCUT2D eigenvalue weighted by molar-refractivity contribution is 0.477. The molecule has 4 aromatic rings. The maximum absolute atomic E-state index is 2.57. The van der Waals surface area contributed by atoms with Crippen LogP contribution in [-0.2, 0) is 6.42 Å². The second-order valence-corrected chi connectivity index (χ2v) is 10.3. The van der Waals surface area contributed by atoms with Gasteiger partial charge in [-0.05, 0) is 97.9 Å². The summed E-state index contributed by atoms with van der Waals surface area (Å²) in [6.45, 7) is 0. The van der Waals surface area contributed by atoms with Crippen molar-refractivity contribution in [1.29, 1.82) is 0 Å². The molecule has 0 nitrogen and oxygen atoms in total. The van der Waals surface area contributed by atoms with Crippen molar-refractivity contribution in [2.45, 2.75) is 25.2 Å². The predicted molar refractivity (Wildman–Crippen MR) is 139 cm³/mol. The third-order valence-corrected chi connectivity index (χ3v) is 8.96. The zero-order valence-electron chi connectivity index (χ0n) is 18.7. The number of fused-ring (bicyclic) bond motifs is 13. The molecule has 158 valence electrons. The van der Waals surface area contributed by atoms with Crippen molar-refractivity contribution in [3.8, 4) is 0 Å². The van der Waals surface area contributed by atoms with Crippen LogP contribution in [0.2, 0.25) is 0 Å². The Bertz CT molecular complexity index is 1560. The fraction of sp³-hybridized carbons (Fsp3) is 0.212. The molecule has 4 aliphatic carbocycles. The van der Waals surface area contributed by atoms with Crippen molar-refractivity contribution in [3.05, 3.63) is 119 Å². The minimum atomic E-state index is 0.583. The van der Waals surface area contributed by atoms with E-state index in [2.05, 4.69) is 97.1 Å². The van der Waals surface area contributed by atoms with E-state index in [-0.39, 0.29) is 0 Å². The quantitative estimate of drug-likeness (QED) is 0.250. The molecule has 0 saturated heterocycles. The van der Waals surface area contributed by atoms with Crippen LogP contribution in [0.15, 0.2) is 96.6 Å².